The quantitative estimate of drug-likeness (QED) is 0.897. The number of methoxy groups -OCH3 is 1. The summed E-state index contributed by atoms with van der Waals surface area (Å²) in [4.78, 5) is 6.28. The lowest BCUT2D eigenvalue weighted by Crippen LogP contribution is -2.53. The van der Waals surface area contributed by atoms with E-state index in [9.17, 15) is 10.4 Å². The van der Waals surface area contributed by atoms with Crippen molar-refractivity contribution in [2.75, 3.05) is 31.7 Å². The molecule has 0 aliphatic carbocycles. The largest absolute Gasteiger partial charge is 0.480 e. The van der Waals surface area contributed by atoms with Crippen molar-refractivity contribution in [3.63, 3.8) is 0 Å². The van der Waals surface area contributed by atoms with Crippen molar-refractivity contribution in [2.24, 2.45) is 0 Å². The summed E-state index contributed by atoms with van der Waals surface area (Å²) in [6, 6.07) is 4.05. The van der Waals surface area contributed by atoms with E-state index in [-0.39, 0.29) is 5.60 Å². The van der Waals surface area contributed by atoms with E-state index in [2.05, 4.69) is 16.0 Å². The lowest BCUT2D eigenvalue weighted by molar-refractivity contribution is -0.162. The van der Waals surface area contributed by atoms with Crippen LogP contribution in [0.4, 0.5) is 5.69 Å². The Kier molecular flexibility index (Phi) is 4.17. The molecule has 2 aliphatic rings. The van der Waals surface area contributed by atoms with Crippen molar-refractivity contribution in [2.45, 2.75) is 43.8 Å². The van der Waals surface area contributed by atoms with Crippen LogP contribution in [-0.2, 0) is 4.74 Å². The standard InChI is InChI=1S/C17H23N3O3/c1-16(21)6-10-23-17(12-16)4-8-20(9-5-17)14-3-7-19-15(22-2)13(14)11-18/h3,7,21H,4-6,8-10,12H2,1-2H3. The maximum absolute atomic E-state index is 10.4. The molecule has 3 heterocycles. The summed E-state index contributed by atoms with van der Waals surface area (Å²) in [6.45, 7) is 4.08. The normalized spacial score (nSPS) is 26.8. The summed E-state index contributed by atoms with van der Waals surface area (Å²) in [6.07, 6.45) is 4.73. The molecule has 6 heteroatoms. The second-order valence-electron chi connectivity index (χ2n) is 6.77. The van der Waals surface area contributed by atoms with E-state index < -0.39 is 5.60 Å². The number of hydrogen-bond acceptors (Lipinski definition) is 6. The Bertz CT molecular complexity index is 616. The first-order valence-corrected chi connectivity index (χ1v) is 8.03. The van der Waals surface area contributed by atoms with Crippen molar-refractivity contribution >= 4 is 5.69 Å². The number of rotatable bonds is 2. The topological polar surface area (TPSA) is 78.6 Å². The van der Waals surface area contributed by atoms with Gasteiger partial charge in [0.05, 0.1) is 30.6 Å². The molecule has 2 fully saturated rings. The number of hydrogen-bond donors (Lipinski definition) is 1. The Morgan fingerprint density at radius 1 is 1.39 bits per heavy atom. The van der Waals surface area contributed by atoms with E-state index in [0.29, 0.717) is 30.9 Å². The predicted molar refractivity (Wildman–Crippen MR) is 85.5 cm³/mol. The van der Waals surface area contributed by atoms with Crippen LogP contribution in [-0.4, -0.2) is 48.1 Å². The van der Waals surface area contributed by atoms with Crippen LogP contribution in [0.5, 0.6) is 5.88 Å². The van der Waals surface area contributed by atoms with Crippen LogP contribution in [0.25, 0.3) is 0 Å². The molecule has 3 rings (SSSR count). The molecule has 2 aliphatic heterocycles. The Hall–Kier alpha value is -1.84. The van der Waals surface area contributed by atoms with Crippen LogP contribution in [0.15, 0.2) is 12.3 Å². The van der Waals surface area contributed by atoms with Crippen LogP contribution < -0.4 is 9.64 Å². The molecule has 0 radical (unpaired) electrons. The summed E-state index contributed by atoms with van der Waals surface area (Å²) in [7, 11) is 1.52. The molecule has 0 aromatic carbocycles. The zero-order valence-electron chi connectivity index (χ0n) is 13.7. The van der Waals surface area contributed by atoms with Gasteiger partial charge < -0.3 is 19.5 Å². The van der Waals surface area contributed by atoms with Gasteiger partial charge in [-0.2, -0.15) is 5.26 Å². The molecule has 23 heavy (non-hydrogen) atoms. The van der Waals surface area contributed by atoms with Gasteiger partial charge in [-0.3, -0.25) is 0 Å². The zero-order valence-corrected chi connectivity index (χ0v) is 13.7. The summed E-state index contributed by atoms with van der Waals surface area (Å²) in [5.74, 6) is 0.363. The van der Waals surface area contributed by atoms with E-state index in [4.69, 9.17) is 9.47 Å². The van der Waals surface area contributed by atoms with E-state index in [0.717, 1.165) is 31.6 Å². The number of aromatic nitrogens is 1. The third-order valence-electron chi connectivity index (χ3n) is 4.97. The third kappa shape index (κ3) is 3.12. The van der Waals surface area contributed by atoms with Crippen molar-refractivity contribution in [3.8, 4) is 11.9 Å². The van der Waals surface area contributed by atoms with Crippen LogP contribution in [0.2, 0.25) is 0 Å². The highest BCUT2D eigenvalue weighted by Gasteiger charge is 2.44. The molecule has 2 saturated heterocycles. The molecule has 1 spiro atoms. The molecule has 1 aromatic rings. The highest BCUT2D eigenvalue weighted by atomic mass is 16.5. The van der Waals surface area contributed by atoms with E-state index in [1.54, 1.807) is 6.20 Å². The van der Waals surface area contributed by atoms with Crippen LogP contribution in [0, 0.1) is 11.3 Å². The molecule has 1 atom stereocenters. The molecule has 1 N–H and O–H groups in total. The molecule has 0 saturated carbocycles. The van der Waals surface area contributed by atoms with Gasteiger partial charge in [-0.25, -0.2) is 4.98 Å². The van der Waals surface area contributed by atoms with Gasteiger partial charge in [-0.1, -0.05) is 0 Å². The Morgan fingerprint density at radius 3 is 2.74 bits per heavy atom. The van der Waals surface area contributed by atoms with E-state index in [1.807, 2.05) is 13.0 Å². The highest BCUT2D eigenvalue weighted by molar-refractivity contribution is 5.63. The number of anilines is 1. The zero-order chi connectivity index (χ0) is 16.5. The average molecular weight is 317 g/mol. The Balaban J connectivity index is 1.76. The van der Waals surface area contributed by atoms with Gasteiger partial charge in [0.2, 0.25) is 5.88 Å². The van der Waals surface area contributed by atoms with Gasteiger partial charge >= 0.3 is 0 Å². The average Bonchev–Trinajstić information content (AvgIpc) is 2.53. The van der Waals surface area contributed by atoms with Gasteiger partial charge in [0.25, 0.3) is 0 Å². The molecular formula is C17H23N3O3. The molecule has 0 amide bonds. The molecule has 124 valence electrons. The first kappa shape index (κ1) is 16.0. The SMILES string of the molecule is COc1nccc(N2CCC3(CC2)CC(C)(O)CCO3)c1C#N. The minimum Gasteiger partial charge on any atom is -0.480 e. The molecular weight excluding hydrogens is 294 g/mol. The van der Waals surface area contributed by atoms with Crippen molar-refractivity contribution < 1.29 is 14.6 Å². The van der Waals surface area contributed by atoms with Crippen LogP contribution >= 0.6 is 0 Å². The van der Waals surface area contributed by atoms with Gasteiger partial charge in [0.1, 0.15) is 11.6 Å². The minimum atomic E-state index is -0.641. The third-order valence-corrected chi connectivity index (χ3v) is 4.97. The lowest BCUT2D eigenvalue weighted by atomic mass is 9.78. The predicted octanol–water partition coefficient (Wildman–Crippen LogP) is 1.86. The van der Waals surface area contributed by atoms with Gasteiger partial charge in [0, 0.05) is 25.7 Å². The van der Waals surface area contributed by atoms with E-state index >= 15 is 0 Å². The second-order valence-corrected chi connectivity index (χ2v) is 6.77. The van der Waals surface area contributed by atoms with Crippen LogP contribution in [0.1, 0.15) is 38.2 Å². The monoisotopic (exact) mass is 317 g/mol. The molecule has 6 nitrogen and oxygen atoms in total. The number of piperidine rings is 1. The summed E-state index contributed by atoms with van der Waals surface area (Å²) in [5, 5.41) is 19.8. The smallest absolute Gasteiger partial charge is 0.233 e. The maximum Gasteiger partial charge on any atom is 0.233 e. The first-order valence-electron chi connectivity index (χ1n) is 8.03. The molecule has 0 bridgehead atoms. The lowest BCUT2D eigenvalue weighted by Gasteiger charge is -2.48. The maximum atomic E-state index is 10.4. The van der Waals surface area contributed by atoms with Gasteiger partial charge in [0.15, 0.2) is 0 Å². The number of pyridine rings is 1. The van der Waals surface area contributed by atoms with Crippen LogP contribution in [0.3, 0.4) is 0 Å². The fourth-order valence-corrected chi connectivity index (χ4v) is 3.75. The van der Waals surface area contributed by atoms with Crippen molar-refractivity contribution in [1.29, 1.82) is 5.26 Å². The number of nitriles is 1. The first-order chi connectivity index (χ1) is 11.0. The van der Waals surface area contributed by atoms with Crippen molar-refractivity contribution in [3.05, 3.63) is 17.8 Å². The van der Waals surface area contributed by atoms with E-state index in [1.165, 1.54) is 7.11 Å². The minimum absolute atomic E-state index is 0.234. The summed E-state index contributed by atoms with van der Waals surface area (Å²) >= 11 is 0. The molecule has 1 aromatic heterocycles. The fourth-order valence-electron chi connectivity index (χ4n) is 3.75. The molecule has 1 unspecified atom stereocenters. The van der Waals surface area contributed by atoms with Gasteiger partial charge in [-0.05, 0) is 32.3 Å². The summed E-state index contributed by atoms with van der Waals surface area (Å²) < 4.78 is 11.2. The van der Waals surface area contributed by atoms with Gasteiger partial charge in [-0.15, -0.1) is 0 Å². The fraction of sp³-hybridized carbons (Fsp3) is 0.647. The summed E-state index contributed by atoms with van der Waals surface area (Å²) in [5.41, 5.74) is 0.458. The number of ether oxygens (including phenoxy) is 2. The second kappa shape index (κ2) is 5.99. The Morgan fingerprint density at radius 2 is 2.13 bits per heavy atom. The Labute approximate surface area is 136 Å². The highest BCUT2D eigenvalue weighted by Crippen LogP contribution is 2.40. The van der Waals surface area contributed by atoms with Crippen molar-refractivity contribution in [1.82, 2.24) is 4.98 Å². The number of nitrogens with zero attached hydrogens (tertiary/aromatic N) is 3. The number of aliphatic hydroxyl groups is 1.